The zero-order chi connectivity index (χ0) is 15.0. The molecule has 2 aromatic heterocycles. The van der Waals surface area contributed by atoms with Crippen molar-refractivity contribution in [3.05, 3.63) is 44.8 Å². The van der Waals surface area contributed by atoms with E-state index < -0.39 is 0 Å². The van der Waals surface area contributed by atoms with Crippen molar-refractivity contribution in [3.63, 3.8) is 0 Å². The third-order valence-electron chi connectivity index (χ3n) is 4.28. The Balaban J connectivity index is 2.07. The number of hydrogen-bond donors (Lipinski definition) is 0. The highest BCUT2D eigenvalue weighted by molar-refractivity contribution is 7.10. The Morgan fingerprint density at radius 3 is 1.81 bits per heavy atom. The Morgan fingerprint density at radius 2 is 1.48 bits per heavy atom. The first-order chi connectivity index (χ1) is 10.1. The minimum absolute atomic E-state index is 0.154. The van der Waals surface area contributed by atoms with Gasteiger partial charge in [0, 0.05) is 21.6 Å². The number of piperidine rings is 1. The summed E-state index contributed by atoms with van der Waals surface area (Å²) < 4.78 is 0. The predicted molar refractivity (Wildman–Crippen MR) is 85.4 cm³/mol. The number of carbonyl (C=O) groups is 2. The molecule has 0 saturated carbocycles. The lowest BCUT2D eigenvalue weighted by atomic mass is 9.78. The van der Waals surface area contributed by atoms with E-state index in [-0.39, 0.29) is 29.7 Å². The second-order valence-electron chi connectivity index (χ2n) is 5.45. The minimum Gasteiger partial charge on any atom is -0.328 e. The smallest absolute Gasteiger partial charge is 0.210 e. The molecule has 3 heterocycles. The fraction of sp³-hybridized carbons (Fsp3) is 0.375. The monoisotopic (exact) mass is 319 g/mol. The van der Waals surface area contributed by atoms with E-state index in [0.717, 1.165) is 16.2 Å². The van der Waals surface area contributed by atoms with Crippen molar-refractivity contribution >= 4 is 34.9 Å². The number of ketones is 1. The summed E-state index contributed by atoms with van der Waals surface area (Å²) in [5, 5.41) is 3.99. The highest BCUT2D eigenvalue weighted by Gasteiger charge is 2.46. The molecule has 1 saturated heterocycles. The number of nitrogens with zero attached hydrogens (tertiary/aromatic N) is 1. The second-order valence-corrected chi connectivity index (χ2v) is 7.41. The molecule has 0 aliphatic carbocycles. The van der Waals surface area contributed by atoms with Crippen LogP contribution in [0, 0.1) is 11.8 Å². The second kappa shape index (κ2) is 5.73. The van der Waals surface area contributed by atoms with Crippen LogP contribution >= 0.6 is 22.7 Å². The van der Waals surface area contributed by atoms with Crippen LogP contribution in [0.4, 0.5) is 0 Å². The zero-order valence-electron chi connectivity index (χ0n) is 11.9. The van der Waals surface area contributed by atoms with Crippen molar-refractivity contribution in [3.8, 4) is 0 Å². The highest BCUT2D eigenvalue weighted by atomic mass is 32.1. The quantitative estimate of drug-likeness (QED) is 0.805. The molecule has 0 aromatic carbocycles. The van der Waals surface area contributed by atoms with Gasteiger partial charge in [-0.1, -0.05) is 26.0 Å². The number of hydrogen-bond acceptors (Lipinski definition) is 4. The lowest BCUT2D eigenvalue weighted by Gasteiger charge is -2.45. The molecule has 1 aliphatic heterocycles. The van der Waals surface area contributed by atoms with Gasteiger partial charge < -0.3 is 4.90 Å². The Kier molecular flexibility index (Phi) is 3.95. The van der Waals surface area contributed by atoms with E-state index in [1.807, 2.05) is 53.8 Å². The first-order valence-corrected chi connectivity index (χ1v) is 8.74. The van der Waals surface area contributed by atoms with E-state index >= 15 is 0 Å². The van der Waals surface area contributed by atoms with Crippen LogP contribution in [-0.2, 0) is 9.59 Å². The Labute approximate surface area is 132 Å². The zero-order valence-corrected chi connectivity index (χ0v) is 13.6. The van der Waals surface area contributed by atoms with Crippen molar-refractivity contribution in [2.75, 3.05) is 0 Å². The molecule has 1 amide bonds. The van der Waals surface area contributed by atoms with Crippen molar-refractivity contribution in [1.82, 2.24) is 4.90 Å². The topological polar surface area (TPSA) is 37.4 Å². The Bertz CT molecular complexity index is 571. The number of amides is 1. The molecular weight excluding hydrogens is 302 g/mol. The predicted octanol–water partition coefficient (Wildman–Crippen LogP) is 3.91. The van der Waals surface area contributed by atoms with Crippen LogP contribution < -0.4 is 0 Å². The van der Waals surface area contributed by atoms with E-state index in [2.05, 4.69) is 0 Å². The first kappa shape index (κ1) is 14.5. The molecule has 3 rings (SSSR count). The van der Waals surface area contributed by atoms with Gasteiger partial charge >= 0.3 is 0 Å². The van der Waals surface area contributed by atoms with Gasteiger partial charge in [0.2, 0.25) is 6.41 Å². The van der Waals surface area contributed by atoms with Crippen LogP contribution in [0.3, 0.4) is 0 Å². The van der Waals surface area contributed by atoms with Gasteiger partial charge in [-0.05, 0) is 22.9 Å². The largest absolute Gasteiger partial charge is 0.328 e. The van der Waals surface area contributed by atoms with Crippen molar-refractivity contribution < 1.29 is 9.59 Å². The average molecular weight is 319 g/mol. The molecule has 0 N–H and O–H groups in total. The molecule has 0 spiro atoms. The van der Waals surface area contributed by atoms with Crippen LogP contribution in [0.2, 0.25) is 0 Å². The summed E-state index contributed by atoms with van der Waals surface area (Å²) in [4.78, 5) is 28.5. The summed E-state index contributed by atoms with van der Waals surface area (Å²) in [5.74, 6) is -0.0926. The van der Waals surface area contributed by atoms with Gasteiger partial charge in [0.15, 0.2) is 0 Å². The van der Waals surface area contributed by atoms with E-state index in [1.165, 1.54) is 0 Å². The van der Waals surface area contributed by atoms with Crippen LogP contribution in [0.15, 0.2) is 35.0 Å². The number of carbonyl (C=O) groups excluding carboxylic acids is 2. The highest BCUT2D eigenvalue weighted by Crippen LogP contribution is 2.46. The maximum Gasteiger partial charge on any atom is 0.210 e. The van der Waals surface area contributed by atoms with Gasteiger partial charge in [-0.3, -0.25) is 9.59 Å². The molecular formula is C16H17NO2S2. The number of Topliss-reactive ketones (excluding diaryl/α,β-unsaturated/α-hetero) is 1. The Hall–Kier alpha value is -1.46. The number of thiophene rings is 2. The summed E-state index contributed by atoms with van der Waals surface area (Å²) >= 11 is 3.21. The van der Waals surface area contributed by atoms with Crippen molar-refractivity contribution in [2.45, 2.75) is 25.9 Å². The molecule has 1 aliphatic rings. The minimum atomic E-state index is -0.167. The normalized spacial score (nSPS) is 29.6. The summed E-state index contributed by atoms with van der Waals surface area (Å²) in [7, 11) is 0. The van der Waals surface area contributed by atoms with E-state index in [1.54, 1.807) is 22.7 Å². The molecule has 21 heavy (non-hydrogen) atoms. The van der Waals surface area contributed by atoms with Gasteiger partial charge in [-0.15, -0.1) is 22.7 Å². The fourth-order valence-corrected chi connectivity index (χ4v) is 5.13. The van der Waals surface area contributed by atoms with Gasteiger partial charge in [-0.25, -0.2) is 0 Å². The molecule has 0 radical (unpaired) electrons. The maximum absolute atomic E-state index is 12.7. The van der Waals surface area contributed by atoms with Crippen molar-refractivity contribution in [2.24, 2.45) is 11.8 Å². The number of likely N-dealkylation sites (tertiary alicyclic amines) is 1. The molecule has 0 unspecified atom stereocenters. The number of rotatable bonds is 3. The Morgan fingerprint density at radius 1 is 1.00 bits per heavy atom. The van der Waals surface area contributed by atoms with Gasteiger partial charge in [0.1, 0.15) is 5.78 Å². The third kappa shape index (κ3) is 2.34. The van der Waals surface area contributed by atoms with Crippen LogP contribution in [-0.4, -0.2) is 17.1 Å². The molecule has 110 valence electrons. The third-order valence-corrected chi connectivity index (χ3v) is 6.16. The summed E-state index contributed by atoms with van der Waals surface area (Å²) in [6, 6.07) is 7.65. The summed E-state index contributed by atoms with van der Waals surface area (Å²) in [6.07, 6.45) is 0.911. The van der Waals surface area contributed by atoms with E-state index in [4.69, 9.17) is 0 Å². The van der Waals surface area contributed by atoms with Crippen LogP contribution in [0.1, 0.15) is 35.7 Å². The lowest BCUT2D eigenvalue weighted by molar-refractivity contribution is -0.143. The molecule has 3 nitrogen and oxygen atoms in total. The molecule has 4 atom stereocenters. The molecule has 5 heteroatoms. The van der Waals surface area contributed by atoms with Gasteiger partial charge in [0.05, 0.1) is 12.1 Å². The van der Waals surface area contributed by atoms with Crippen LogP contribution in [0.25, 0.3) is 0 Å². The van der Waals surface area contributed by atoms with Gasteiger partial charge in [-0.2, -0.15) is 0 Å². The molecule has 2 aromatic rings. The molecule has 0 bridgehead atoms. The SMILES string of the molecule is C[C@@H]1C(=O)[C@H](C)[C@@H](c2cccs2)N(C=O)[C@H]1c1cccs1. The van der Waals surface area contributed by atoms with Crippen LogP contribution in [0.5, 0.6) is 0 Å². The maximum atomic E-state index is 12.7. The van der Waals surface area contributed by atoms with Gasteiger partial charge in [0.25, 0.3) is 0 Å². The standard InChI is InChI=1S/C16H17NO2S2/c1-10-14(12-5-3-7-20-12)17(9-18)15(11(2)16(10)19)13-6-4-8-21-13/h3-11,14-15H,1-2H3/t10-,11+,14+,15-. The first-order valence-electron chi connectivity index (χ1n) is 6.98. The molecule has 1 fully saturated rings. The fourth-order valence-electron chi connectivity index (χ4n) is 3.25. The van der Waals surface area contributed by atoms with E-state index in [0.29, 0.717) is 0 Å². The summed E-state index contributed by atoms with van der Waals surface area (Å²) in [5.41, 5.74) is 0. The summed E-state index contributed by atoms with van der Waals surface area (Å²) in [6.45, 7) is 3.87. The lowest BCUT2D eigenvalue weighted by Crippen LogP contribution is -2.48. The van der Waals surface area contributed by atoms with E-state index in [9.17, 15) is 9.59 Å². The average Bonchev–Trinajstić information content (AvgIpc) is 3.17. The van der Waals surface area contributed by atoms with Crippen molar-refractivity contribution in [1.29, 1.82) is 0 Å².